The topological polar surface area (TPSA) is 43.2 Å². The molecule has 1 saturated heterocycles. The lowest BCUT2D eigenvalue weighted by atomic mass is 10.0. The van der Waals surface area contributed by atoms with Crippen LogP contribution in [-0.4, -0.2) is 42.6 Å². The number of aromatic nitrogens is 1. The molecule has 0 N–H and O–H groups in total. The highest BCUT2D eigenvalue weighted by Gasteiger charge is 2.24. The maximum Gasteiger partial charge on any atom is 0.147 e. The SMILES string of the molecule is CCN1CCC(N(C)c2nc(C)cc(C)c2C#N)CC1. The van der Waals surface area contributed by atoms with Gasteiger partial charge in [0.15, 0.2) is 0 Å². The molecule has 2 heterocycles. The molecule has 4 heteroatoms. The van der Waals surface area contributed by atoms with Crippen LogP contribution in [0.15, 0.2) is 6.07 Å². The van der Waals surface area contributed by atoms with E-state index in [0.29, 0.717) is 6.04 Å². The van der Waals surface area contributed by atoms with Crippen LogP contribution in [0.3, 0.4) is 0 Å². The van der Waals surface area contributed by atoms with Crippen molar-refractivity contribution in [2.75, 3.05) is 31.6 Å². The molecule has 1 fully saturated rings. The van der Waals surface area contributed by atoms with E-state index in [9.17, 15) is 5.26 Å². The predicted octanol–water partition coefficient (Wildman–Crippen LogP) is 2.49. The van der Waals surface area contributed by atoms with Gasteiger partial charge in [-0.3, -0.25) is 0 Å². The van der Waals surface area contributed by atoms with Gasteiger partial charge in [0.25, 0.3) is 0 Å². The molecule has 0 spiro atoms. The Morgan fingerprint density at radius 3 is 2.60 bits per heavy atom. The Balaban J connectivity index is 2.22. The Morgan fingerprint density at radius 1 is 1.40 bits per heavy atom. The van der Waals surface area contributed by atoms with Crippen LogP contribution in [0, 0.1) is 25.2 Å². The van der Waals surface area contributed by atoms with Gasteiger partial charge >= 0.3 is 0 Å². The van der Waals surface area contributed by atoms with Crippen molar-refractivity contribution >= 4 is 5.82 Å². The van der Waals surface area contributed by atoms with Gasteiger partial charge in [-0.1, -0.05) is 6.92 Å². The van der Waals surface area contributed by atoms with Crippen LogP contribution in [0.4, 0.5) is 5.82 Å². The first-order valence-corrected chi connectivity index (χ1v) is 7.40. The smallest absolute Gasteiger partial charge is 0.147 e. The number of aryl methyl sites for hydroxylation is 2. The number of rotatable bonds is 3. The Hall–Kier alpha value is -1.60. The van der Waals surface area contributed by atoms with E-state index in [4.69, 9.17) is 0 Å². The van der Waals surface area contributed by atoms with Gasteiger partial charge < -0.3 is 9.80 Å². The lowest BCUT2D eigenvalue weighted by molar-refractivity contribution is 0.220. The fourth-order valence-corrected chi connectivity index (χ4v) is 3.01. The zero-order valence-electron chi connectivity index (χ0n) is 13.0. The van der Waals surface area contributed by atoms with Gasteiger partial charge in [-0.2, -0.15) is 5.26 Å². The number of piperidine rings is 1. The molecule has 1 aliphatic heterocycles. The zero-order chi connectivity index (χ0) is 14.7. The predicted molar refractivity (Wildman–Crippen MR) is 82.0 cm³/mol. The van der Waals surface area contributed by atoms with Gasteiger partial charge in [-0.25, -0.2) is 4.98 Å². The zero-order valence-corrected chi connectivity index (χ0v) is 13.0. The third-order valence-electron chi connectivity index (χ3n) is 4.32. The van der Waals surface area contributed by atoms with Crippen LogP contribution in [0.2, 0.25) is 0 Å². The molecule has 20 heavy (non-hydrogen) atoms. The number of hydrogen-bond donors (Lipinski definition) is 0. The van der Waals surface area contributed by atoms with Crippen LogP contribution in [0.5, 0.6) is 0 Å². The fraction of sp³-hybridized carbons (Fsp3) is 0.625. The summed E-state index contributed by atoms with van der Waals surface area (Å²) in [6.07, 6.45) is 2.29. The molecular formula is C16H24N4. The van der Waals surface area contributed by atoms with E-state index in [1.807, 2.05) is 19.9 Å². The molecule has 0 bridgehead atoms. The van der Waals surface area contributed by atoms with Crippen molar-refractivity contribution < 1.29 is 0 Å². The third-order valence-corrected chi connectivity index (χ3v) is 4.32. The normalized spacial score (nSPS) is 16.9. The summed E-state index contributed by atoms with van der Waals surface area (Å²) in [5, 5.41) is 9.39. The van der Waals surface area contributed by atoms with Crippen molar-refractivity contribution in [1.29, 1.82) is 5.26 Å². The summed E-state index contributed by atoms with van der Waals surface area (Å²) >= 11 is 0. The summed E-state index contributed by atoms with van der Waals surface area (Å²) in [5.41, 5.74) is 2.72. The molecule has 1 aromatic heterocycles. The summed E-state index contributed by atoms with van der Waals surface area (Å²) < 4.78 is 0. The minimum absolute atomic E-state index is 0.485. The second-order valence-electron chi connectivity index (χ2n) is 5.67. The van der Waals surface area contributed by atoms with Crippen molar-refractivity contribution in [3.05, 3.63) is 22.9 Å². The minimum Gasteiger partial charge on any atom is -0.355 e. The second kappa shape index (κ2) is 6.23. The molecular weight excluding hydrogens is 248 g/mol. The molecule has 0 aliphatic carbocycles. The van der Waals surface area contributed by atoms with Gasteiger partial charge in [0, 0.05) is 31.9 Å². The highest BCUT2D eigenvalue weighted by molar-refractivity contribution is 5.58. The number of anilines is 1. The Bertz CT molecular complexity index is 510. The van der Waals surface area contributed by atoms with Crippen LogP contribution in [0.25, 0.3) is 0 Å². The maximum atomic E-state index is 9.39. The third kappa shape index (κ3) is 2.94. The number of nitriles is 1. The lowest BCUT2D eigenvalue weighted by Crippen LogP contribution is -2.43. The lowest BCUT2D eigenvalue weighted by Gasteiger charge is -2.37. The van der Waals surface area contributed by atoms with Crippen molar-refractivity contribution in [3.8, 4) is 6.07 Å². The monoisotopic (exact) mass is 272 g/mol. The molecule has 0 saturated carbocycles. The van der Waals surface area contributed by atoms with Gasteiger partial charge in [0.05, 0.1) is 5.56 Å². The van der Waals surface area contributed by atoms with Crippen LogP contribution < -0.4 is 4.90 Å². The largest absolute Gasteiger partial charge is 0.355 e. The quantitative estimate of drug-likeness (QED) is 0.848. The Labute approximate surface area is 122 Å². The van der Waals surface area contributed by atoms with Gasteiger partial charge in [-0.05, 0) is 44.9 Å². The second-order valence-corrected chi connectivity index (χ2v) is 5.67. The molecule has 0 aromatic carbocycles. The first-order valence-electron chi connectivity index (χ1n) is 7.40. The van der Waals surface area contributed by atoms with Crippen molar-refractivity contribution in [1.82, 2.24) is 9.88 Å². The van der Waals surface area contributed by atoms with Gasteiger partial charge in [0.1, 0.15) is 11.9 Å². The van der Waals surface area contributed by atoms with Crippen LogP contribution >= 0.6 is 0 Å². The van der Waals surface area contributed by atoms with E-state index in [1.54, 1.807) is 0 Å². The summed E-state index contributed by atoms with van der Waals surface area (Å²) in [6, 6.07) is 4.78. The van der Waals surface area contributed by atoms with Gasteiger partial charge in [0.2, 0.25) is 0 Å². The standard InChI is InChI=1S/C16H24N4/c1-5-20-8-6-14(7-9-20)19(4)16-15(11-17)12(2)10-13(3)18-16/h10,14H,5-9H2,1-4H3. The summed E-state index contributed by atoms with van der Waals surface area (Å²) in [7, 11) is 2.08. The molecule has 4 nitrogen and oxygen atoms in total. The van der Waals surface area contributed by atoms with Crippen LogP contribution in [-0.2, 0) is 0 Å². The van der Waals surface area contributed by atoms with E-state index in [1.165, 1.54) is 0 Å². The molecule has 0 radical (unpaired) electrons. The average molecular weight is 272 g/mol. The molecule has 2 rings (SSSR count). The average Bonchev–Trinajstić information content (AvgIpc) is 2.46. The highest BCUT2D eigenvalue weighted by Crippen LogP contribution is 2.26. The maximum absolute atomic E-state index is 9.39. The van der Waals surface area contributed by atoms with Crippen molar-refractivity contribution in [3.63, 3.8) is 0 Å². The summed E-state index contributed by atoms with van der Waals surface area (Å²) in [4.78, 5) is 9.30. The first kappa shape index (κ1) is 14.8. The highest BCUT2D eigenvalue weighted by atomic mass is 15.2. The molecule has 1 aliphatic rings. The van der Waals surface area contributed by atoms with E-state index < -0.39 is 0 Å². The number of pyridine rings is 1. The molecule has 1 aromatic rings. The van der Waals surface area contributed by atoms with Crippen LogP contribution in [0.1, 0.15) is 36.6 Å². The number of likely N-dealkylation sites (tertiary alicyclic amines) is 1. The Kier molecular flexibility index (Phi) is 4.61. The molecule has 0 unspecified atom stereocenters. The fourth-order valence-electron chi connectivity index (χ4n) is 3.01. The van der Waals surface area contributed by atoms with E-state index in [-0.39, 0.29) is 0 Å². The van der Waals surface area contributed by atoms with E-state index in [2.05, 4.69) is 34.8 Å². The molecule has 0 amide bonds. The van der Waals surface area contributed by atoms with E-state index in [0.717, 1.165) is 55.1 Å². The molecule has 108 valence electrons. The Morgan fingerprint density at radius 2 is 2.05 bits per heavy atom. The molecule has 0 atom stereocenters. The van der Waals surface area contributed by atoms with Crippen molar-refractivity contribution in [2.24, 2.45) is 0 Å². The first-order chi connectivity index (χ1) is 9.56. The number of hydrogen-bond acceptors (Lipinski definition) is 4. The summed E-state index contributed by atoms with van der Waals surface area (Å²) in [6.45, 7) is 9.59. The van der Waals surface area contributed by atoms with E-state index >= 15 is 0 Å². The summed E-state index contributed by atoms with van der Waals surface area (Å²) in [5.74, 6) is 0.847. The minimum atomic E-state index is 0.485. The number of nitrogens with zero attached hydrogens (tertiary/aromatic N) is 4. The van der Waals surface area contributed by atoms with Gasteiger partial charge in [-0.15, -0.1) is 0 Å². The van der Waals surface area contributed by atoms with Crippen molar-refractivity contribution in [2.45, 2.75) is 39.7 Å².